The molecule has 0 aromatic carbocycles. The van der Waals surface area contributed by atoms with Crippen LogP contribution < -0.4 is 0 Å². The van der Waals surface area contributed by atoms with Crippen molar-refractivity contribution in [3.63, 3.8) is 0 Å². The van der Waals surface area contributed by atoms with Gasteiger partial charge in [0.1, 0.15) is 6.10 Å². The van der Waals surface area contributed by atoms with Gasteiger partial charge in [-0.2, -0.15) is 0 Å². The number of oxime groups is 1. The van der Waals surface area contributed by atoms with Gasteiger partial charge in [-0.15, -0.1) is 0 Å². The Morgan fingerprint density at radius 2 is 2.00 bits per heavy atom. The van der Waals surface area contributed by atoms with Crippen molar-refractivity contribution < 1.29 is 4.84 Å². The van der Waals surface area contributed by atoms with Crippen LogP contribution >= 0.6 is 0 Å². The molecule has 2 heteroatoms. The van der Waals surface area contributed by atoms with Crippen LogP contribution in [0.4, 0.5) is 0 Å². The number of hydrogen-bond donors (Lipinski definition) is 0. The molecule has 0 aromatic rings. The van der Waals surface area contributed by atoms with Crippen LogP contribution in [0.15, 0.2) is 5.16 Å². The van der Waals surface area contributed by atoms with Gasteiger partial charge in [0.15, 0.2) is 0 Å². The summed E-state index contributed by atoms with van der Waals surface area (Å²) in [5, 5.41) is 3.87. The van der Waals surface area contributed by atoms with E-state index in [4.69, 9.17) is 4.84 Å². The summed E-state index contributed by atoms with van der Waals surface area (Å²) in [6.07, 6.45) is 7.47. The third-order valence-corrected chi connectivity index (χ3v) is 1.63. The molecule has 0 unspecified atom stereocenters. The van der Waals surface area contributed by atoms with Gasteiger partial charge in [0.05, 0.1) is 0 Å². The van der Waals surface area contributed by atoms with Crippen molar-refractivity contribution >= 4 is 6.21 Å². The molecule has 0 amide bonds. The van der Waals surface area contributed by atoms with Crippen LogP contribution in [-0.2, 0) is 4.84 Å². The maximum absolute atomic E-state index is 5.07. The first kappa shape index (κ1) is 5.27. The first-order valence-corrected chi connectivity index (χ1v) is 3.64. The molecule has 9 heavy (non-hydrogen) atoms. The van der Waals surface area contributed by atoms with Gasteiger partial charge < -0.3 is 4.84 Å². The Bertz CT molecular complexity index is 125. The molecular formula is C7H11NO. The fourth-order valence-electron chi connectivity index (χ4n) is 0.626. The van der Waals surface area contributed by atoms with Crippen molar-refractivity contribution in [1.29, 1.82) is 0 Å². The maximum atomic E-state index is 5.07. The van der Waals surface area contributed by atoms with E-state index in [1.54, 1.807) is 0 Å². The van der Waals surface area contributed by atoms with Crippen LogP contribution in [0, 0.1) is 5.92 Å². The van der Waals surface area contributed by atoms with Gasteiger partial charge in [-0.3, -0.25) is 0 Å². The summed E-state index contributed by atoms with van der Waals surface area (Å²) in [5.41, 5.74) is 0. The highest BCUT2D eigenvalue weighted by Gasteiger charge is 2.24. The van der Waals surface area contributed by atoms with Crippen LogP contribution in [-0.4, -0.2) is 12.3 Å². The Hall–Kier alpha value is -0.530. The molecule has 0 N–H and O–H groups in total. The molecule has 50 valence electrons. The third-order valence-electron chi connectivity index (χ3n) is 1.63. The third kappa shape index (κ3) is 1.70. The Kier molecular flexibility index (Phi) is 1.18. The van der Waals surface area contributed by atoms with Crippen molar-refractivity contribution in [2.75, 3.05) is 0 Å². The SMILES string of the molecule is C(=NOC1CC1)C1CC1. The monoisotopic (exact) mass is 125 g/mol. The van der Waals surface area contributed by atoms with Gasteiger partial charge in [0, 0.05) is 6.21 Å². The molecule has 2 nitrogen and oxygen atoms in total. The normalized spacial score (nSPS) is 27.1. The first-order valence-electron chi connectivity index (χ1n) is 3.64. The second-order valence-corrected chi connectivity index (χ2v) is 2.90. The van der Waals surface area contributed by atoms with Crippen LogP contribution in [0.25, 0.3) is 0 Å². The molecule has 0 aliphatic heterocycles. The van der Waals surface area contributed by atoms with Gasteiger partial charge in [-0.25, -0.2) is 0 Å². The largest absolute Gasteiger partial charge is 0.393 e. The zero-order chi connectivity index (χ0) is 6.10. The van der Waals surface area contributed by atoms with Crippen LogP contribution in [0.5, 0.6) is 0 Å². The first-order chi connectivity index (χ1) is 4.45. The minimum absolute atomic E-state index is 0.472. The zero-order valence-electron chi connectivity index (χ0n) is 5.42. The second kappa shape index (κ2) is 2.01. The molecule has 0 saturated heterocycles. The average molecular weight is 125 g/mol. The van der Waals surface area contributed by atoms with E-state index in [-0.39, 0.29) is 0 Å². The lowest BCUT2D eigenvalue weighted by Crippen LogP contribution is -1.85. The Morgan fingerprint density at radius 3 is 2.56 bits per heavy atom. The molecule has 0 aromatic heterocycles. The van der Waals surface area contributed by atoms with E-state index in [0.717, 1.165) is 5.92 Å². The maximum Gasteiger partial charge on any atom is 0.127 e. The minimum Gasteiger partial charge on any atom is -0.393 e. The molecular weight excluding hydrogens is 114 g/mol. The van der Waals surface area contributed by atoms with Crippen molar-refractivity contribution in [1.82, 2.24) is 0 Å². The van der Waals surface area contributed by atoms with Crippen molar-refractivity contribution in [2.45, 2.75) is 31.8 Å². The molecule has 2 saturated carbocycles. The summed E-state index contributed by atoms with van der Waals surface area (Å²) in [4.78, 5) is 5.07. The molecule has 2 fully saturated rings. The van der Waals surface area contributed by atoms with Gasteiger partial charge in [0.25, 0.3) is 0 Å². The number of nitrogens with zero attached hydrogens (tertiary/aromatic N) is 1. The predicted molar refractivity (Wildman–Crippen MR) is 35.3 cm³/mol. The van der Waals surface area contributed by atoms with E-state index in [0.29, 0.717) is 6.10 Å². The molecule has 2 aliphatic rings. The van der Waals surface area contributed by atoms with Crippen molar-refractivity contribution in [2.24, 2.45) is 11.1 Å². The summed E-state index contributed by atoms with van der Waals surface area (Å²) in [7, 11) is 0. The van der Waals surface area contributed by atoms with E-state index in [1.807, 2.05) is 6.21 Å². The van der Waals surface area contributed by atoms with Gasteiger partial charge in [-0.1, -0.05) is 5.16 Å². The van der Waals surface area contributed by atoms with E-state index in [9.17, 15) is 0 Å². The smallest absolute Gasteiger partial charge is 0.127 e. The Morgan fingerprint density at radius 1 is 1.22 bits per heavy atom. The molecule has 0 heterocycles. The average Bonchev–Trinajstić information content (AvgIpc) is 2.57. The van der Waals surface area contributed by atoms with Crippen molar-refractivity contribution in [3.05, 3.63) is 0 Å². The van der Waals surface area contributed by atoms with Crippen LogP contribution in [0.2, 0.25) is 0 Å². The molecule has 2 aliphatic carbocycles. The fourth-order valence-corrected chi connectivity index (χ4v) is 0.626. The highest BCUT2D eigenvalue weighted by molar-refractivity contribution is 5.62. The predicted octanol–water partition coefficient (Wildman–Crippen LogP) is 1.56. The summed E-state index contributed by atoms with van der Waals surface area (Å²) in [5.74, 6) is 0.753. The zero-order valence-corrected chi connectivity index (χ0v) is 5.42. The molecule has 0 spiro atoms. The second-order valence-electron chi connectivity index (χ2n) is 2.90. The van der Waals surface area contributed by atoms with E-state index >= 15 is 0 Å². The quantitative estimate of drug-likeness (QED) is 0.414. The van der Waals surface area contributed by atoms with Gasteiger partial charge in [-0.05, 0) is 31.6 Å². The molecule has 2 rings (SSSR count). The molecule has 0 bridgehead atoms. The van der Waals surface area contributed by atoms with Gasteiger partial charge in [0.2, 0.25) is 0 Å². The molecule has 0 radical (unpaired) electrons. The van der Waals surface area contributed by atoms with Crippen molar-refractivity contribution in [3.8, 4) is 0 Å². The van der Waals surface area contributed by atoms with Crippen LogP contribution in [0.3, 0.4) is 0 Å². The standard InChI is InChI=1S/C7H11NO/c1-2-6(1)5-8-9-7-3-4-7/h5-7H,1-4H2. The van der Waals surface area contributed by atoms with Gasteiger partial charge >= 0.3 is 0 Å². The summed E-state index contributed by atoms with van der Waals surface area (Å²) < 4.78 is 0. The highest BCUT2D eigenvalue weighted by Crippen LogP contribution is 2.27. The number of rotatable bonds is 3. The summed E-state index contributed by atoms with van der Waals surface area (Å²) in [6, 6.07) is 0. The Labute approximate surface area is 54.9 Å². The lowest BCUT2D eigenvalue weighted by Gasteiger charge is -1.89. The lowest BCUT2D eigenvalue weighted by molar-refractivity contribution is 0.130. The molecule has 0 atom stereocenters. The van der Waals surface area contributed by atoms with E-state index < -0.39 is 0 Å². The highest BCUT2D eigenvalue weighted by atomic mass is 16.6. The Balaban J connectivity index is 1.62. The summed E-state index contributed by atoms with van der Waals surface area (Å²) in [6.45, 7) is 0. The minimum atomic E-state index is 0.472. The number of hydrogen-bond acceptors (Lipinski definition) is 2. The topological polar surface area (TPSA) is 21.6 Å². The van der Waals surface area contributed by atoms with E-state index in [2.05, 4.69) is 5.16 Å². The lowest BCUT2D eigenvalue weighted by atomic mass is 10.5. The van der Waals surface area contributed by atoms with Crippen LogP contribution in [0.1, 0.15) is 25.7 Å². The van der Waals surface area contributed by atoms with E-state index in [1.165, 1.54) is 25.7 Å². The fraction of sp³-hybridized carbons (Fsp3) is 0.857. The summed E-state index contributed by atoms with van der Waals surface area (Å²) >= 11 is 0.